The van der Waals surface area contributed by atoms with Crippen molar-refractivity contribution in [1.82, 2.24) is 4.31 Å². The highest BCUT2D eigenvalue weighted by molar-refractivity contribution is 7.89. The molecular formula is C15H24N2O2S. The molecule has 4 nitrogen and oxygen atoms in total. The van der Waals surface area contributed by atoms with E-state index in [0.29, 0.717) is 35.5 Å². The van der Waals surface area contributed by atoms with E-state index in [2.05, 4.69) is 13.8 Å². The summed E-state index contributed by atoms with van der Waals surface area (Å²) >= 11 is 0. The lowest BCUT2D eigenvalue weighted by atomic mass is 9.90. The van der Waals surface area contributed by atoms with Gasteiger partial charge in [-0.1, -0.05) is 26.8 Å². The van der Waals surface area contributed by atoms with Gasteiger partial charge in [0.05, 0.1) is 4.90 Å². The van der Waals surface area contributed by atoms with Gasteiger partial charge in [0.1, 0.15) is 0 Å². The van der Waals surface area contributed by atoms with Gasteiger partial charge in [-0.05, 0) is 42.4 Å². The Labute approximate surface area is 122 Å². The molecule has 2 N–H and O–H groups in total. The number of nitrogens with two attached hydrogens (primary N) is 1. The predicted molar refractivity (Wildman–Crippen MR) is 81.9 cm³/mol. The molecule has 1 saturated heterocycles. The highest BCUT2D eigenvalue weighted by Crippen LogP contribution is 2.28. The molecule has 20 heavy (non-hydrogen) atoms. The molecule has 0 spiro atoms. The minimum atomic E-state index is -3.41. The summed E-state index contributed by atoms with van der Waals surface area (Å²) in [6.45, 7) is 7.50. The van der Waals surface area contributed by atoms with E-state index in [1.807, 2.05) is 13.0 Å². The molecule has 1 fully saturated rings. The fraction of sp³-hybridized carbons (Fsp3) is 0.600. The number of nitrogen functional groups attached to an aromatic ring is 1. The molecule has 2 rings (SSSR count). The zero-order valence-electron chi connectivity index (χ0n) is 12.5. The third-order valence-electron chi connectivity index (χ3n) is 4.43. The summed E-state index contributed by atoms with van der Waals surface area (Å²) in [5.41, 5.74) is 7.48. The van der Waals surface area contributed by atoms with Gasteiger partial charge in [0.15, 0.2) is 0 Å². The predicted octanol–water partition coefficient (Wildman–Crippen LogP) is 2.50. The van der Waals surface area contributed by atoms with Gasteiger partial charge in [-0.3, -0.25) is 0 Å². The molecule has 0 amide bonds. The third-order valence-corrected chi connectivity index (χ3v) is 6.29. The van der Waals surface area contributed by atoms with Crippen molar-refractivity contribution < 1.29 is 8.42 Å². The third kappa shape index (κ3) is 2.83. The van der Waals surface area contributed by atoms with Gasteiger partial charge in [0.2, 0.25) is 10.0 Å². The molecule has 1 aromatic carbocycles. The second-order valence-corrected chi connectivity index (χ2v) is 7.76. The Kier molecular flexibility index (Phi) is 4.39. The van der Waals surface area contributed by atoms with Crippen LogP contribution in [0.2, 0.25) is 0 Å². The van der Waals surface area contributed by atoms with Crippen LogP contribution < -0.4 is 5.73 Å². The number of benzene rings is 1. The molecular weight excluding hydrogens is 272 g/mol. The number of aryl methyl sites for hydroxylation is 1. The van der Waals surface area contributed by atoms with Gasteiger partial charge in [-0.25, -0.2) is 8.42 Å². The van der Waals surface area contributed by atoms with Crippen LogP contribution in [0.1, 0.15) is 32.8 Å². The fourth-order valence-electron chi connectivity index (χ4n) is 2.65. The number of piperidine rings is 1. The first-order chi connectivity index (χ1) is 9.36. The molecule has 5 heteroatoms. The first-order valence-electron chi connectivity index (χ1n) is 7.24. The molecule has 0 radical (unpaired) electrons. The summed E-state index contributed by atoms with van der Waals surface area (Å²) < 4.78 is 26.9. The fourth-order valence-corrected chi connectivity index (χ4v) is 4.24. The van der Waals surface area contributed by atoms with Crippen LogP contribution >= 0.6 is 0 Å². The number of sulfonamides is 1. The molecule has 0 aromatic heterocycles. The number of rotatable bonds is 3. The van der Waals surface area contributed by atoms with Gasteiger partial charge in [-0.2, -0.15) is 4.31 Å². The summed E-state index contributed by atoms with van der Waals surface area (Å²) in [7, 11) is -3.41. The summed E-state index contributed by atoms with van der Waals surface area (Å²) in [6, 6.07) is 5.09. The average molecular weight is 296 g/mol. The van der Waals surface area contributed by atoms with E-state index in [9.17, 15) is 8.42 Å². The maximum atomic E-state index is 12.7. The van der Waals surface area contributed by atoms with Crippen molar-refractivity contribution in [2.24, 2.45) is 11.8 Å². The van der Waals surface area contributed by atoms with Crippen LogP contribution in [0.5, 0.6) is 0 Å². The van der Waals surface area contributed by atoms with E-state index >= 15 is 0 Å². The highest BCUT2D eigenvalue weighted by atomic mass is 32.2. The lowest BCUT2D eigenvalue weighted by Gasteiger charge is -2.34. The van der Waals surface area contributed by atoms with Crippen LogP contribution in [-0.2, 0) is 16.4 Å². The van der Waals surface area contributed by atoms with E-state index in [1.54, 1.807) is 16.4 Å². The minimum absolute atomic E-state index is 0.314. The van der Waals surface area contributed by atoms with Crippen molar-refractivity contribution in [3.8, 4) is 0 Å². The van der Waals surface area contributed by atoms with E-state index in [-0.39, 0.29) is 0 Å². The average Bonchev–Trinajstić information content (AvgIpc) is 2.41. The Morgan fingerprint density at radius 2 is 2.00 bits per heavy atom. The van der Waals surface area contributed by atoms with E-state index < -0.39 is 10.0 Å². The van der Waals surface area contributed by atoms with Crippen molar-refractivity contribution in [2.45, 2.75) is 38.5 Å². The van der Waals surface area contributed by atoms with Crippen molar-refractivity contribution in [2.75, 3.05) is 18.8 Å². The van der Waals surface area contributed by atoms with Gasteiger partial charge < -0.3 is 5.73 Å². The quantitative estimate of drug-likeness (QED) is 0.872. The molecule has 2 unspecified atom stereocenters. The normalized spacial score (nSPS) is 24.8. The van der Waals surface area contributed by atoms with Crippen LogP contribution in [0.4, 0.5) is 5.69 Å². The van der Waals surface area contributed by atoms with Gasteiger partial charge in [0.25, 0.3) is 0 Å². The largest absolute Gasteiger partial charge is 0.398 e. The SMILES string of the molecule is CCc1ccc(S(=O)(=O)N2CCC(C)C(C)C2)cc1N. The zero-order valence-corrected chi connectivity index (χ0v) is 13.3. The minimum Gasteiger partial charge on any atom is -0.398 e. The van der Waals surface area contributed by atoms with E-state index in [1.165, 1.54) is 0 Å². The van der Waals surface area contributed by atoms with Crippen LogP contribution in [0.15, 0.2) is 23.1 Å². The first-order valence-corrected chi connectivity index (χ1v) is 8.68. The molecule has 0 saturated carbocycles. The second kappa shape index (κ2) is 5.74. The Hall–Kier alpha value is -1.07. The smallest absolute Gasteiger partial charge is 0.243 e. The summed E-state index contributed by atoms with van der Waals surface area (Å²) in [4.78, 5) is 0.314. The maximum absolute atomic E-state index is 12.7. The van der Waals surface area contributed by atoms with E-state index in [4.69, 9.17) is 5.73 Å². The molecule has 1 aromatic rings. The zero-order chi connectivity index (χ0) is 14.9. The lowest BCUT2D eigenvalue weighted by molar-refractivity contribution is 0.212. The molecule has 1 aliphatic rings. The van der Waals surface area contributed by atoms with Gasteiger partial charge >= 0.3 is 0 Å². The number of hydrogen-bond acceptors (Lipinski definition) is 3. The lowest BCUT2D eigenvalue weighted by Crippen LogP contribution is -2.42. The Balaban J connectivity index is 2.29. The Bertz CT molecular complexity index is 584. The van der Waals surface area contributed by atoms with Crippen molar-refractivity contribution in [3.05, 3.63) is 23.8 Å². The Morgan fingerprint density at radius 3 is 2.55 bits per heavy atom. The van der Waals surface area contributed by atoms with Crippen molar-refractivity contribution in [3.63, 3.8) is 0 Å². The monoisotopic (exact) mass is 296 g/mol. The maximum Gasteiger partial charge on any atom is 0.243 e. The number of hydrogen-bond donors (Lipinski definition) is 1. The van der Waals surface area contributed by atoms with E-state index in [0.717, 1.165) is 18.4 Å². The topological polar surface area (TPSA) is 63.4 Å². The van der Waals surface area contributed by atoms with Crippen LogP contribution in [0.3, 0.4) is 0 Å². The first kappa shape index (κ1) is 15.3. The van der Waals surface area contributed by atoms with Crippen LogP contribution in [0.25, 0.3) is 0 Å². The summed E-state index contributed by atoms with van der Waals surface area (Å²) in [5, 5.41) is 0. The van der Waals surface area contributed by atoms with Crippen LogP contribution in [0, 0.1) is 11.8 Å². The number of anilines is 1. The van der Waals surface area contributed by atoms with Crippen molar-refractivity contribution >= 4 is 15.7 Å². The molecule has 0 bridgehead atoms. The standard InChI is InChI=1S/C15H24N2O2S/c1-4-13-5-6-14(9-15(13)16)20(18,19)17-8-7-11(2)12(3)10-17/h5-6,9,11-12H,4,7-8,10,16H2,1-3H3. The molecule has 112 valence electrons. The molecule has 0 aliphatic carbocycles. The van der Waals surface area contributed by atoms with Crippen LogP contribution in [-0.4, -0.2) is 25.8 Å². The van der Waals surface area contributed by atoms with Crippen molar-refractivity contribution in [1.29, 1.82) is 0 Å². The Morgan fingerprint density at radius 1 is 1.30 bits per heavy atom. The summed E-state index contributed by atoms with van der Waals surface area (Å²) in [6.07, 6.45) is 1.73. The highest BCUT2D eigenvalue weighted by Gasteiger charge is 2.31. The summed E-state index contributed by atoms with van der Waals surface area (Å²) in [5.74, 6) is 0.972. The van der Waals surface area contributed by atoms with Gasteiger partial charge in [0, 0.05) is 18.8 Å². The molecule has 2 atom stereocenters. The molecule has 1 heterocycles. The number of nitrogens with zero attached hydrogens (tertiary/aromatic N) is 1. The second-order valence-electron chi connectivity index (χ2n) is 5.82. The molecule has 1 aliphatic heterocycles. The van der Waals surface area contributed by atoms with Gasteiger partial charge in [-0.15, -0.1) is 0 Å².